The number of ether oxygens (including phenoxy) is 1. The maximum absolute atomic E-state index is 13.9. The number of rotatable bonds is 4. The van der Waals surface area contributed by atoms with E-state index in [4.69, 9.17) is 0 Å². The van der Waals surface area contributed by atoms with Crippen molar-refractivity contribution in [1.82, 2.24) is 4.98 Å². The topological polar surface area (TPSA) is 68.3 Å². The first-order valence-corrected chi connectivity index (χ1v) is 8.68. The summed E-state index contributed by atoms with van der Waals surface area (Å²) in [5.74, 6) is -3.72. The van der Waals surface area contributed by atoms with Gasteiger partial charge in [0.2, 0.25) is 0 Å². The zero-order chi connectivity index (χ0) is 18.0. The second kappa shape index (κ2) is 7.08. The molecule has 0 saturated carbocycles. The molecule has 3 rings (SSSR count). The summed E-state index contributed by atoms with van der Waals surface area (Å²) in [4.78, 5) is 27.9. The Hall–Kier alpha value is -2.65. The summed E-state index contributed by atoms with van der Waals surface area (Å²) in [6.45, 7) is 0. The first-order chi connectivity index (χ1) is 12.0. The third-order valence-electron chi connectivity index (χ3n) is 3.22. The third kappa shape index (κ3) is 3.57. The van der Waals surface area contributed by atoms with Gasteiger partial charge in [0.1, 0.15) is 22.3 Å². The van der Waals surface area contributed by atoms with Gasteiger partial charge in [0.15, 0.2) is 0 Å². The van der Waals surface area contributed by atoms with Gasteiger partial charge in [-0.1, -0.05) is 0 Å². The van der Waals surface area contributed by atoms with Gasteiger partial charge in [-0.3, -0.25) is 4.79 Å². The van der Waals surface area contributed by atoms with Crippen molar-refractivity contribution in [2.24, 2.45) is 0 Å². The monoisotopic (exact) mass is 380 g/mol. The Kier molecular flexibility index (Phi) is 4.86. The highest BCUT2D eigenvalue weighted by molar-refractivity contribution is 7.14. The number of nitrogens with zero attached hydrogens (tertiary/aromatic N) is 1. The van der Waals surface area contributed by atoms with Gasteiger partial charge in [-0.2, -0.15) is 11.3 Å². The van der Waals surface area contributed by atoms with E-state index in [-0.39, 0.29) is 11.4 Å². The van der Waals surface area contributed by atoms with Crippen molar-refractivity contribution >= 4 is 40.2 Å². The van der Waals surface area contributed by atoms with Crippen molar-refractivity contribution in [1.29, 1.82) is 0 Å². The van der Waals surface area contributed by atoms with Crippen LogP contribution in [0, 0.1) is 11.6 Å². The first-order valence-electron chi connectivity index (χ1n) is 6.86. The number of hydrogen-bond acceptors (Lipinski definition) is 6. The Bertz CT molecular complexity index is 939. The number of carbonyl (C=O) groups excluding carboxylic acids is 2. The van der Waals surface area contributed by atoms with Crippen LogP contribution in [0.2, 0.25) is 0 Å². The van der Waals surface area contributed by atoms with E-state index < -0.39 is 29.1 Å². The molecule has 0 fully saturated rings. The maximum atomic E-state index is 13.9. The molecule has 2 heterocycles. The summed E-state index contributed by atoms with van der Waals surface area (Å²) >= 11 is 2.77. The van der Waals surface area contributed by atoms with Gasteiger partial charge in [-0.05, 0) is 17.5 Å². The molecular weight excluding hydrogens is 370 g/mol. The van der Waals surface area contributed by atoms with Crippen LogP contribution in [0.15, 0.2) is 34.3 Å². The van der Waals surface area contributed by atoms with Crippen LogP contribution in [0.3, 0.4) is 0 Å². The minimum Gasteiger partial charge on any atom is -0.465 e. The fraction of sp³-hybridized carbons (Fsp3) is 0.0625. The van der Waals surface area contributed by atoms with Gasteiger partial charge in [-0.25, -0.2) is 18.6 Å². The van der Waals surface area contributed by atoms with Crippen molar-refractivity contribution < 1.29 is 23.1 Å². The number of anilines is 1. The van der Waals surface area contributed by atoms with E-state index in [2.05, 4.69) is 15.0 Å². The van der Waals surface area contributed by atoms with Gasteiger partial charge < -0.3 is 10.1 Å². The predicted molar refractivity (Wildman–Crippen MR) is 91.1 cm³/mol. The van der Waals surface area contributed by atoms with Crippen molar-refractivity contribution in [3.63, 3.8) is 0 Å². The molecule has 0 aliphatic heterocycles. The fourth-order valence-electron chi connectivity index (χ4n) is 1.99. The van der Waals surface area contributed by atoms with Gasteiger partial charge in [-0.15, -0.1) is 11.3 Å². The summed E-state index contributed by atoms with van der Waals surface area (Å²) < 4.78 is 31.9. The van der Waals surface area contributed by atoms with Crippen LogP contribution in [-0.2, 0) is 4.74 Å². The lowest BCUT2D eigenvalue weighted by Crippen LogP contribution is -2.15. The van der Waals surface area contributed by atoms with Crippen LogP contribution in [0.4, 0.5) is 14.5 Å². The lowest BCUT2D eigenvalue weighted by Gasteiger charge is -2.08. The number of benzene rings is 1. The van der Waals surface area contributed by atoms with Crippen molar-refractivity contribution in [2.45, 2.75) is 0 Å². The van der Waals surface area contributed by atoms with E-state index in [9.17, 15) is 18.4 Å². The molecule has 1 aromatic carbocycles. The highest BCUT2D eigenvalue weighted by Crippen LogP contribution is 2.26. The Morgan fingerprint density at radius 1 is 1.20 bits per heavy atom. The lowest BCUT2D eigenvalue weighted by molar-refractivity contribution is 0.0595. The van der Waals surface area contributed by atoms with Crippen molar-refractivity contribution in [2.75, 3.05) is 12.4 Å². The fourth-order valence-corrected chi connectivity index (χ4v) is 3.51. The molecule has 0 bridgehead atoms. The quantitative estimate of drug-likeness (QED) is 0.689. The molecule has 128 valence electrons. The van der Waals surface area contributed by atoms with Crippen LogP contribution in [-0.4, -0.2) is 24.0 Å². The Morgan fingerprint density at radius 3 is 2.68 bits per heavy atom. The highest BCUT2D eigenvalue weighted by Gasteiger charge is 2.19. The average molecular weight is 380 g/mol. The van der Waals surface area contributed by atoms with E-state index in [1.54, 1.807) is 0 Å². The summed E-state index contributed by atoms with van der Waals surface area (Å²) in [6.07, 6.45) is 0. The molecule has 5 nitrogen and oxygen atoms in total. The highest BCUT2D eigenvalue weighted by atomic mass is 32.1. The zero-order valence-electron chi connectivity index (χ0n) is 12.7. The van der Waals surface area contributed by atoms with Crippen LogP contribution in [0.1, 0.15) is 20.8 Å². The van der Waals surface area contributed by atoms with Crippen LogP contribution < -0.4 is 5.32 Å². The number of thiophene rings is 1. The molecule has 1 N–H and O–H groups in total. The molecule has 0 saturated heterocycles. The van der Waals surface area contributed by atoms with Crippen LogP contribution >= 0.6 is 22.7 Å². The van der Waals surface area contributed by atoms with Gasteiger partial charge >= 0.3 is 5.97 Å². The zero-order valence-corrected chi connectivity index (χ0v) is 14.3. The second-order valence-electron chi connectivity index (χ2n) is 4.81. The van der Waals surface area contributed by atoms with Gasteiger partial charge in [0.05, 0.1) is 18.4 Å². The molecule has 0 aliphatic carbocycles. The Labute approximate surface area is 148 Å². The summed E-state index contributed by atoms with van der Waals surface area (Å²) in [6, 6.07) is 3.27. The largest absolute Gasteiger partial charge is 0.465 e. The molecule has 2 aromatic heterocycles. The standard InChI is InChI=1S/C16H10F2N2O3S2/c1-23-16(22)9-4-12(11(18)5-10(9)17)19-14(21)13-7-25-15(20-13)8-2-3-24-6-8/h2-7H,1H3,(H,19,21). The molecule has 3 aromatic rings. The van der Waals surface area contributed by atoms with Gasteiger partial charge in [0, 0.05) is 22.4 Å². The number of esters is 1. The molecule has 9 heteroatoms. The smallest absolute Gasteiger partial charge is 0.340 e. The number of hydrogen-bond donors (Lipinski definition) is 1. The number of thiazole rings is 1. The first kappa shape index (κ1) is 17.2. The minimum atomic E-state index is -1.07. The Morgan fingerprint density at radius 2 is 2.00 bits per heavy atom. The molecule has 0 radical (unpaired) electrons. The van der Waals surface area contributed by atoms with E-state index in [0.29, 0.717) is 11.1 Å². The van der Waals surface area contributed by atoms with Crippen molar-refractivity contribution in [3.05, 3.63) is 57.2 Å². The number of methoxy groups -OCH3 is 1. The molecule has 0 spiro atoms. The van der Waals surface area contributed by atoms with Crippen LogP contribution in [0.25, 0.3) is 10.6 Å². The van der Waals surface area contributed by atoms with Crippen molar-refractivity contribution in [3.8, 4) is 10.6 Å². The molecule has 0 aliphatic rings. The summed E-state index contributed by atoms with van der Waals surface area (Å²) in [7, 11) is 1.07. The molecule has 1 amide bonds. The molecule has 0 atom stereocenters. The maximum Gasteiger partial charge on any atom is 0.340 e. The van der Waals surface area contributed by atoms with E-state index in [0.717, 1.165) is 18.7 Å². The lowest BCUT2D eigenvalue weighted by atomic mass is 10.1. The minimum absolute atomic E-state index is 0.0922. The number of nitrogens with one attached hydrogen (secondary N) is 1. The van der Waals surface area contributed by atoms with Crippen LogP contribution in [0.5, 0.6) is 0 Å². The summed E-state index contributed by atoms with van der Waals surface area (Å²) in [5, 5.41) is 8.26. The van der Waals surface area contributed by atoms with E-state index in [1.807, 2.05) is 16.8 Å². The Balaban J connectivity index is 1.85. The normalized spacial score (nSPS) is 10.5. The average Bonchev–Trinajstić information content (AvgIpc) is 3.27. The van der Waals surface area contributed by atoms with E-state index >= 15 is 0 Å². The van der Waals surface area contributed by atoms with E-state index in [1.165, 1.54) is 28.1 Å². The predicted octanol–water partition coefficient (Wildman–Crippen LogP) is 4.19. The third-order valence-corrected chi connectivity index (χ3v) is 4.79. The molecule has 25 heavy (non-hydrogen) atoms. The number of halogens is 2. The second-order valence-corrected chi connectivity index (χ2v) is 6.45. The molecule has 0 unspecified atom stereocenters. The van der Waals surface area contributed by atoms with Gasteiger partial charge in [0.25, 0.3) is 5.91 Å². The SMILES string of the molecule is COC(=O)c1cc(NC(=O)c2csc(-c3ccsc3)n2)c(F)cc1F. The number of amides is 1. The number of aromatic nitrogens is 1. The molecular formula is C16H10F2N2O3S2. The summed E-state index contributed by atoms with van der Waals surface area (Å²) in [5.41, 5.74) is 0.165. The number of carbonyl (C=O) groups is 2.